The van der Waals surface area contributed by atoms with Gasteiger partial charge in [-0.1, -0.05) is 43.3 Å². The third-order valence-corrected chi connectivity index (χ3v) is 3.93. The molecule has 1 unspecified atom stereocenters. The lowest BCUT2D eigenvalue weighted by atomic mass is 10.0. The second-order valence-electron chi connectivity index (χ2n) is 5.04. The van der Waals surface area contributed by atoms with Crippen molar-refractivity contribution in [2.45, 2.75) is 19.3 Å². The molecule has 0 aliphatic heterocycles. The Morgan fingerprint density at radius 3 is 2.62 bits per heavy atom. The summed E-state index contributed by atoms with van der Waals surface area (Å²) in [6.45, 7) is 2.66. The van der Waals surface area contributed by atoms with Crippen molar-refractivity contribution in [3.8, 4) is 0 Å². The maximum absolute atomic E-state index is 13.1. The highest BCUT2D eigenvalue weighted by Gasteiger charge is 2.09. The van der Waals surface area contributed by atoms with Crippen LogP contribution in [-0.2, 0) is 11.2 Å². The zero-order valence-electron chi connectivity index (χ0n) is 11.8. The quantitative estimate of drug-likeness (QED) is 0.866. The minimum absolute atomic E-state index is 0.0590. The van der Waals surface area contributed by atoms with Gasteiger partial charge in [0.25, 0.3) is 0 Å². The highest BCUT2D eigenvalue weighted by atomic mass is 79.9. The first-order valence-electron chi connectivity index (χ1n) is 6.82. The third kappa shape index (κ3) is 4.67. The molecule has 2 nitrogen and oxygen atoms in total. The zero-order chi connectivity index (χ0) is 15.2. The van der Waals surface area contributed by atoms with Gasteiger partial charge in [-0.3, -0.25) is 4.79 Å². The van der Waals surface area contributed by atoms with Crippen molar-refractivity contribution >= 4 is 21.8 Å². The summed E-state index contributed by atoms with van der Waals surface area (Å²) < 4.78 is 13.5. The molecular formula is C17H17BrFNO. The van der Waals surface area contributed by atoms with Crippen LogP contribution in [0.3, 0.4) is 0 Å². The van der Waals surface area contributed by atoms with Gasteiger partial charge in [0, 0.05) is 6.54 Å². The molecule has 0 heterocycles. The van der Waals surface area contributed by atoms with Crippen LogP contribution in [0.15, 0.2) is 53.0 Å². The van der Waals surface area contributed by atoms with Gasteiger partial charge in [0.15, 0.2) is 0 Å². The van der Waals surface area contributed by atoms with E-state index in [0.29, 0.717) is 11.0 Å². The first kappa shape index (κ1) is 15.7. The average molecular weight is 350 g/mol. The number of amides is 1. The van der Waals surface area contributed by atoms with Gasteiger partial charge in [-0.2, -0.15) is 0 Å². The molecule has 1 amide bonds. The van der Waals surface area contributed by atoms with E-state index >= 15 is 0 Å². The molecule has 0 aromatic heterocycles. The van der Waals surface area contributed by atoms with Crippen LogP contribution in [0.1, 0.15) is 24.0 Å². The minimum atomic E-state index is -0.322. The smallest absolute Gasteiger partial charge is 0.224 e. The van der Waals surface area contributed by atoms with Crippen molar-refractivity contribution in [3.05, 3.63) is 69.9 Å². The van der Waals surface area contributed by atoms with Gasteiger partial charge in [0.05, 0.1) is 10.9 Å². The maximum atomic E-state index is 13.1. The molecule has 1 atom stereocenters. The summed E-state index contributed by atoms with van der Waals surface area (Å²) in [5.74, 6) is -0.122. The number of carbonyl (C=O) groups is 1. The predicted octanol–water partition coefficient (Wildman–Crippen LogP) is 4.05. The Balaban J connectivity index is 1.86. The van der Waals surface area contributed by atoms with Gasteiger partial charge >= 0.3 is 0 Å². The fourth-order valence-corrected chi connectivity index (χ4v) is 2.49. The normalized spacial score (nSPS) is 12.0. The number of rotatable bonds is 5. The second kappa shape index (κ2) is 7.36. The molecule has 1 N–H and O–H groups in total. The number of benzene rings is 2. The summed E-state index contributed by atoms with van der Waals surface area (Å²) in [5.41, 5.74) is 1.98. The summed E-state index contributed by atoms with van der Waals surface area (Å²) in [5, 5.41) is 2.92. The lowest BCUT2D eigenvalue weighted by molar-refractivity contribution is -0.120. The van der Waals surface area contributed by atoms with E-state index in [9.17, 15) is 9.18 Å². The maximum Gasteiger partial charge on any atom is 0.224 e. The van der Waals surface area contributed by atoms with Crippen LogP contribution in [0, 0.1) is 5.82 Å². The van der Waals surface area contributed by atoms with E-state index in [1.54, 1.807) is 12.1 Å². The Labute approximate surface area is 132 Å². The van der Waals surface area contributed by atoms with Gasteiger partial charge in [-0.15, -0.1) is 0 Å². The molecule has 2 aromatic rings. The van der Waals surface area contributed by atoms with Gasteiger partial charge < -0.3 is 5.32 Å². The molecule has 110 valence electrons. The number of hydrogen-bond donors (Lipinski definition) is 1. The van der Waals surface area contributed by atoms with E-state index in [1.807, 2.05) is 30.3 Å². The highest BCUT2D eigenvalue weighted by Crippen LogP contribution is 2.17. The Kier molecular flexibility index (Phi) is 5.51. The van der Waals surface area contributed by atoms with Crippen molar-refractivity contribution in [1.82, 2.24) is 5.32 Å². The standard InChI is InChI=1S/C17H17BrFNO/c1-12(14-5-3-2-4-6-14)11-20-17(21)10-13-7-8-16(19)15(18)9-13/h2-9,12H,10-11H2,1H3,(H,20,21). The molecule has 2 aromatic carbocycles. The predicted molar refractivity (Wildman–Crippen MR) is 85.7 cm³/mol. The molecule has 0 aliphatic rings. The lowest BCUT2D eigenvalue weighted by Crippen LogP contribution is -2.28. The average Bonchev–Trinajstić information content (AvgIpc) is 2.49. The Morgan fingerprint density at radius 1 is 1.24 bits per heavy atom. The van der Waals surface area contributed by atoms with Crippen LogP contribution < -0.4 is 5.32 Å². The molecule has 21 heavy (non-hydrogen) atoms. The SMILES string of the molecule is CC(CNC(=O)Cc1ccc(F)c(Br)c1)c1ccccc1. The van der Waals surface area contributed by atoms with E-state index in [4.69, 9.17) is 0 Å². The van der Waals surface area contributed by atoms with Gasteiger partial charge in [0.1, 0.15) is 5.82 Å². The van der Waals surface area contributed by atoms with Crippen LogP contribution >= 0.6 is 15.9 Å². The minimum Gasteiger partial charge on any atom is -0.355 e. The van der Waals surface area contributed by atoms with E-state index < -0.39 is 0 Å². The summed E-state index contributed by atoms with van der Waals surface area (Å²) in [6.07, 6.45) is 0.250. The van der Waals surface area contributed by atoms with Crippen molar-refractivity contribution < 1.29 is 9.18 Å². The molecule has 0 bridgehead atoms. The van der Waals surface area contributed by atoms with Crippen LogP contribution in [0.2, 0.25) is 0 Å². The summed E-state index contributed by atoms with van der Waals surface area (Å²) in [7, 11) is 0. The third-order valence-electron chi connectivity index (χ3n) is 3.32. The number of hydrogen-bond acceptors (Lipinski definition) is 1. The van der Waals surface area contributed by atoms with E-state index in [0.717, 1.165) is 5.56 Å². The zero-order valence-corrected chi connectivity index (χ0v) is 13.4. The van der Waals surface area contributed by atoms with E-state index in [2.05, 4.69) is 28.2 Å². The Hall–Kier alpha value is -1.68. The molecule has 4 heteroatoms. The molecule has 0 saturated carbocycles. The molecule has 0 aliphatic carbocycles. The topological polar surface area (TPSA) is 29.1 Å². The molecule has 2 rings (SSSR count). The molecule has 0 fully saturated rings. The van der Waals surface area contributed by atoms with Crippen LogP contribution in [0.25, 0.3) is 0 Å². The number of nitrogens with one attached hydrogen (secondary N) is 1. The number of carbonyl (C=O) groups excluding carboxylic acids is 1. The van der Waals surface area contributed by atoms with E-state index in [1.165, 1.54) is 11.6 Å². The highest BCUT2D eigenvalue weighted by molar-refractivity contribution is 9.10. The summed E-state index contributed by atoms with van der Waals surface area (Å²) in [6, 6.07) is 14.7. The fraction of sp³-hybridized carbons (Fsp3) is 0.235. The fourth-order valence-electron chi connectivity index (χ4n) is 2.06. The molecule has 0 radical (unpaired) electrons. The van der Waals surface area contributed by atoms with Crippen LogP contribution in [0.4, 0.5) is 4.39 Å². The van der Waals surface area contributed by atoms with Gasteiger partial charge in [0.2, 0.25) is 5.91 Å². The summed E-state index contributed by atoms with van der Waals surface area (Å²) in [4.78, 5) is 11.9. The van der Waals surface area contributed by atoms with Crippen molar-refractivity contribution in [3.63, 3.8) is 0 Å². The second-order valence-corrected chi connectivity index (χ2v) is 5.90. The van der Waals surface area contributed by atoms with Crippen LogP contribution in [0.5, 0.6) is 0 Å². The lowest BCUT2D eigenvalue weighted by Gasteiger charge is -2.13. The Morgan fingerprint density at radius 2 is 1.95 bits per heavy atom. The first-order chi connectivity index (χ1) is 10.1. The number of halogens is 2. The largest absolute Gasteiger partial charge is 0.355 e. The molecule has 0 saturated heterocycles. The van der Waals surface area contributed by atoms with Gasteiger partial charge in [-0.25, -0.2) is 4.39 Å². The molecular weight excluding hydrogens is 333 g/mol. The van der Waals surface area contributed by atoms with Gasteiger partial charge in [-0.05, 0) is 45.1 Å². The summed E-state index contributed by atoms with van der Waals surface area (Å²) >= 11 is 3.12. The van der Waals surface area contributed by atoms with E-state index in [-0.39, 0.29) is 24.1 Å². The van der Waals surface area contributed by atoms with Crippen molar-refractivity contribution in [2.24, 2.45) is 0 Å². The van der Waals surface area contributed by atoms with Crippen LogP contribution in [-0.4, -0.2) is 12.5 Å². The Bertz CT molecular complexity index is 615. The monoisotopic (exact) mass is 349 g/mol. The van der Waals surface area contributed by atoms with Crippen molar-refractivity contribution in [1.29, 1.82) is 0 Å². The van der Waals surface area contributed by atoms with Crippen molar-refractivity contribution in [2.75, 3.05) is 6.54 Å². The first-order valence-corrected chi connectivity index (χ1v) is 7.61. The molecule has 0 spiro atoms.